The van der Waals surface area contributed by atoms with Crippen LogP contribution >= 0.6 is 0 Å². The zero-order chi connectivity index (χ0) is 27.4. The van der Waals surface area contributed by atoms with Gasteiger partial charge in [0.2, 0.25) is 0 Å². The Labute approximate surface area is 222 Å². The van der Waals surface area contributed by atoms with Crippen LogP contribution in [0.2, 0.25) is 0 Å². The number of nitriles is 1. The molecule has 0 heterocycles. The molecule has 0 saturated heterocycles. The summed E-state index contributed by atoms with van der Waals surface area (Å²) < 4.78 is 5.42. The standard InChI is InChI=1S/C32H45NO4/c1-27(2)11-13-32(26(36)37-8)14-12-31(7)24(20(32)17-27)21(34)15-23-29(5)16-19(18-33)25(35)28(3,4)22(29)9-10-30(23,31)6/h15,20,22,24,35H,9-14,16-17H2,1-8H3/t20-,22+,24+,29+,30-,31-,32+/m1/s1. The number of ether oxygens (including phenoxy) is 1. The molecule has 5 aliphatic rings. The lowest BCUT2D eigenvalue weighted by molar-refractivity contribution is -0.192. The molecule has 5 rings (SSSR count). The molecule has 202 valence electrons. The monoisotopic (exact) mass is 507 g/mol. The van der Waals surface area contributed by atoms with Crippen LogP contribution in [-0.4, -0.2) is 24.0 Å². The quantitative estimate of drug-likeness (QED) is 0.383. The largest absolute Gasteiger partial charge is 0.511 e. The number of nitrogens with zero attached hydrogens (tertiary/aromatic N) is 1. The Bertz CT molecular complexity index is 1170. The zero-order valence-electron chi connectivity index (χ0n) is 24.1. The van der Waals surface area contributed by atoms with Gasteiger partial charge in [0.1, 0.15) is 5.76 Å². The summed E-state index contributed by atoms with van der Waals surface area (Å²) in [5.74, 6) is 0.143. The van der Waals surface area contributed by atoms with Crippen molar-refractivity contribution in [1.82, 2.24) is 0 Å². The van der Waals surface area contributed by atoms with Crippen molar-refractivity contribution >= 4 is 11.8 Å². The lowest BCUT2D eigenvalue weighted by Gasteiger charge is -2.69. The molecule has 0 radical (unpaired) electrons. The highest BCUT2D eigenvalue weighted by atomic mass is 16.5. The molecule has 0 spiro atoms. The average molecular weight is 508 g/mol. The van der Waals surface area contributed by atoms with E-state index in [1.165, 1.54) is 12.7 Å². The summed E-state index contributed by atoms with van der Waals surface area (Å²) in [6.45, 7) is 15.6. The summed E-state index contributed by atoms with van der Waals surface area (Å²) in [4.78, 5) is 27.8. The summed E-state index contributed by atoms with van der Waals surface area (Å²) in [7, 11) is 1.49. The maximum atomic E-state index is 14.4. The number of rotatable bonds is 1. The first-order chi connectivity index (χ1) is 17.0. The molecule has 37 heavy (non-hydrogen) atoms. The van der Waals surface area contributed by atoms with Crippen LogP contribution in [-0.2, 0) is 14.3 Å². The number of esters is 1. The number of ketones is 1. The Kier molecular flexibility index (Phi) is 5.54. The Morgan fingerprint density at radius 1 is 1.05 bits per heavy atom. The Morgan fingerprint density at radius 2 is 1.70 bits per heavy atom. The van der Waals surface area contributed by atoms with Gasteiger partial charge in [0.15, 0.2) is 5.78 Å². The van der Waals surface area contributed by atoms with Crippen LogP contribution in [0.3, 0.4) is 0 Å². The molecule has 0 amide bonds. The van der Waals surface area contributed by atoms with Gasteiger partial charge in [-0.05, 0) is 90.9 Å². The molecule has 0 aromatic carbocycles. The maximum absolute atomic E-state index is 14.4. The molecule has 5 nitrogen and oxygen atoms in total. The second-order valence-corrected chi connectivity index (χ2v) is 15.2. The van der Waals surface area contributed by atoms with E-state index in [-0.39, 0.29) is 56.9 Å². The van der Waals surface area contributed by atoms with Gasteiger partial charge in [0.25, 0.3) is 0 Å². The van der Waals surface area contributed by atoms with Crippen molar-refractivity contribution < 1.29 is 19.4 Å². The first kappa shape index (κ1) is 26.5. The zero-order valence-corrected chi connectivity index (χ0v) is 24.1. The summed E-state index contributed by atoms with van der Waals surface area (Å²) in [5, 5.41) is 20.9. The van der Waals surface area contributed by atoms with Crippen LogP contribution in [0.15, 0.2) is 23.0 Å². The number of hydrogen-bond acceptors (Lipinski definition) is 5. The number of methoxy groups -OCH3 is 1. The fourth-order valence-electron chi connectivity index (χ4n) is 10.5. The molecule has 7 atom stereocenters. The predicted molar refractivity (Wildman–Crippen MR) is 142 cm³/mol. The molecule has 0 unspecified atom stereocenters. The van der Waals surface area contributed by atoms with Gasteiger partial charge in [-0.15, -0.1) is 0 Å². The third-order valence-corrected chi connectivity index (χ3v) is 12.7. The molecule has 0 aromatic rings. The van der Waals surface area contributed by atoms with Crippen LogP contribution in [0.25, 0.3) is 0 Å². The van der Waals surface area contributed by atoms with E-state index in [1.807, 2.05) is 6.08 Å². The lowest BCUT2D eigenvalue weighted by atomic mass is 9.34. The highest BCUT2D eigenvalue weighted by molar-refractivity contribution is 5.96. The Hall–Kier alpha value is -2.09. The topological polar surface area (TPSA) is 87.4 Å². The minimum absolute atomic E-state index is 0.0310. The molecule has 0 aliphatic heterocycles. The molecule has 5 heteroatoms. The van der Waals surface area contributed by atoms with E-state index in [4.69, 9.17) is 4.74 Å². The minimum atomic E-state index is -0.581. The molecule has 5 aliphatic carbocycles. The summed E-state index contributed by atoms with van der Waals surface area (Å²) in [6, 6.07) is 2.29. The summed E-state index contributed by atoms with van der Waals surface area (Å²) >= 11 is 0. The number of carbonyl (C=O) groups excluding carboxylic acids is 2. The normalized spacial score (nSPS) is 45.9. The van der Waals surface area contributed by atoms with E-state index in [2.05, 4.69) is 54.5 Å². The van der Waals surface area contributed by atoms with Crippen LogP contribution in [0.1, 0.15) is 99.8 Å². The maximum Gasteiger partial charge on any atom is 0.312 e. The van der Waals surface area contributed by atoms with Crippen LogP contribution in [0, 0.1) is 61.6 Å². The van der Waals surface area contributed by atoms with Crippen LogP contribution in [0.4, 0.5) is 0 Å². The van der Waals surface area contributed by atoms with Gasteiger partial charge in [-0.1, -0.05) is 54.0 Å². The smallest absolute Gasteiger partial charge is 0.312 e. The van der Waals surface area contributed by atoms with Gasteiger partial charge in [0, 0.05) is 11.3 Å². The van der Waals surface area contributed by atoms with Crippen LogP contribution in [0.5, 0.6) is 0 Å². The van der Waals surface area contributed by atoms with E-state index >= 15 is 0 Å². The summed E-state index contributed by atoms with van der Waals surface area (Å²) in [6.07, 6.45) is 8.50. The molecular formula is C32H45NO4. The SMILES string of the molecule is COC(=O)[C@]12CCC(C)(C)C[C@@H]1[C@H]1C(=O)C=C3[C@@]4(C)CC(C#N)=C(O)C(C)(C)[C@@H]4CC[C@@]3(C)[C@]1(C)CC2. The fourth-order valence-corrected chi connectivity index (χ4v) is 10.5. The van der Waals surface area contributed by atoms with E-state index < -0.39 is 10.8 Å². The number of fused-ring (bicyclic) bond motifs is 7. The van der Waals surface area contributed by atoms with Gasteiger partial charge in [-0.25, -0.2) is 0 Å². The second-order valence-electron chi connectivity index (χ2n) is 15.2. The van der Waals surface area contributed by atoms with Gasteiger partial charge in [-0.3, -0.25) is 9.59 Å². The minimum Gasteiger partial charge on any atom is -0.511 e. The highest BCUT2D eigenvalue weighted by Gasteiger charge is 2.71. The molecule has 3 saturated carbocycles. The first-order valence-electron chi connectivity index (χ1n) is 14.2. The molecule has 0 bridgehead atoms. The van der Waals surface area contributed by atoms with Gasteiger partial charge < -0.3 is 9.84 Å². The number of aliphatic hydroxyl groups is 1. The van der Waals surface area contributed by atoms with E-state index in [0.717, 1.165) is 44.9 Å². The second kappa shape index (κ2) is 7.73. The van der Waals surface area contributed by atoms with Crippen molar-refractivity contribution in [2.75, 3.05) is 7.11 Å². The van der Waals surface area contributed by atoms with E-state index in [1.54, 1.807) is 0 Å². The highest BCUT2D eigenvalue weighted by Crippen LogP contribution is 2.75. The summed E-state index contributed by atoms with van der Waals surface area (Å²) in [5.41, 5.74) is -0.275. The van der Waals surface area contributed by atoms with Crippen molar-refractivity contribution in [2.45, 2.75) is 99.8 Å². The third-order valence-electron chi connectivity index (χ3n) is 12.7. The number of carbonyl (C=O) groups is 2. The molecular weight excluding hydrogens is 462 g/mol. The van der Waals surface area contributed by atoms with Crippen molar-refractivity contribution in [1.29, 1.82) is 5.26 Å². The van der Waals surface area contributed by atoms with Gasteiger partial charge in [0.05, 0.1) is 24.2 Å². The van der Waals surface area contributed by atoms with Crippen LogP contribution < -0.4 is 0 Å². The number of allylic oxidation sites excluding steroid dienone is 4. The number of aliphatic hydroxyl groups excluding tert-OH is 1. The Morgan fingerprint density at radius 3 is 2.32 bits per heavy atom. The molecule has 3 fully saturated rings. The Balaban J connectivity index is 1.68. The van der Waals surface area contributed by atoms with Crippen molar-refractivity contribution in [3.63, 3.8) is 0 Å². The molecule has 0 aromatic heterocycles. The van der Waals surface area contributed by atoms with Crippen molar-refractivity contribution in [2.24, 2.45) is 50.2 Å². The molecule has 1 N–H and O–H groups in total. The fraction of sp³-hybridized carbons (Fsp3) is 0.781. The van der Waals surface area contributed by atoms with E-state index in [0.29, 0.717) is 12.0 Å². The average Bonchev–Trinajstić information content (AvgIpc) is 2.82. The predicted octanol–water partition coefficient (Wildman–Crippen LogP) is 7.09. The van der Waals surface area contributed by atoms with Crippen molar-refractivity contribution in [3.8, 4) is 6.07 Å². The van der Waals surface area contributed by atoms with Crippen molar-refractivity contribution in [3.05, 3.63) is 23.0 Å². The first-order valence-corrected chi connectivity index (χ1v) is 14.2. The number of hydrogen-bond donors (Lipinski definition) is 1. The van der Waals surface area contributed by atoms with Gasteiger partial charge >= 0.3 is 5.97 Å². The van der Waals surface area contributed by atoms with E-state index in [9.17, 15) is 20.0 Å². The third kappa shape index (κ3) is 3.14. The van der Waals surface area contributed by atoms with Gasteiger partial charge in [-0.2, -0.15) is 5.26 Å². The lowest BCUT2D eigenvalue weighted by Crippen LogP contribution is -2.65.